The maximum absolute atomic E-state index is 13.5. The molecule has 4 nitrogen and oxygen atoms in total. The minimum Gasteiger partial charge on any atom is -0.365 e. The van der Waals surface area contributed by atoms with Crippen LogP contribution < -0.4 is 10.2 Å². The van der Waals surface area contributed by atoms with Crippen molar-refractivity contribution in [3.63, 3.8) is 0 Å². The van der Waals surface area contributed by atoms with Crippen LogP contribution in [-0.2, 0) is 10.3 Å². The Hall–Kier alpha value is -3.40. The molecule has 0 bridgehead atoms. The number of amides is 1. The molecule has 1 spiro atoms. The third-order valence-electron chi connectivity index (χ3n) is 5.44. The van der Waals surface area contributed by atoms with Gasteiger partial charge < -0.3 is 10.2 Å². The van der Waals surface area contributed by atoms with Crippen LogP contribution in [0.15, 0.2) is 83.9 Å². The number of carbonyl (C=O) groups excluding carboxylic acids is 1. The second kappa shape index (κ2) is 5.81. The van der Waals surface area contributed by atoms with Gasteiger partial charge in [-0.25, -0.2) is 0 Å². The van der Waals surface area contributed by atoms with Crippen molar-refractivity contribution in [3.8, 4) is 0 Å². The van der Waals surface area contributed by atoms with E-state index in [-0.39, 0.29) is 5.91 Å². The fourth-order valence-corrected chi connectivity index (χ4v) is 4.11. The molecular formula is C23H19N3O. The van der Waals surface area contributed by atoms with Crippen molar-refractivity contribution < 1.29 is 4.79 Å². The van der Waals surface area contributed by atoms with Crippen LogP contribution in [0.2, 0.25) is 0 Å². The SMILES string of the molecule is CN1C(=O)C2(CC(c3ccccc3)=Nc3ccccc3N2)c2ccccc21. The van der Waals surface area contributed by atoms with Crippen LogP contribution in [-0.4, -0.2) is 18.7 Å². The summed E-state index contributed by atoms with van der Waals surface area (Å²) < 4.78 is 0. The number of anilines is 2. The van der Waals surface area contributed by atoms with Crippen molar-refractivity contribution in [2.75, 3.05) is 17.3 Å². The molecule has 2 aliphatic rings. The molecule has 1 unspecified atom stereocenters. The van der Waals surface area contributed by atoms with Crippen LogP contribution in [0.4, 0.5) is 17.1 Å². The first-order valence-corrected chi connectivity index (χ1v) is 9.07. The molecule has 2 heterocycles. The summed E-state index contributed by atoms with van der Waals surface area (Å²) >= 11 is 0. The molecule has 1 N–H and O–H groups in total. The van der Waals surface area contributed by atoms with Gasteiger partial charge in [0.2, 0.25) is 0 Å². The summed E-state index contributed by atoms with van der Waals surface area (Å²) in [7, 11) is 1.84. The van der Waals surface area contributed by atoms with Gasteiger partial charge in [-0.2, -0.15) is 0 Å². The number of fused-ring (bicyclic) bond motifs is 3. The topological polar surface area (TPSA) is 44.7 Å². The predicted molar refractivity (Wildman–Crippen MR) is 109 cm³/mol. The van der Waals surface area contributed by atoms with E-state index in [1.165, 1.54) is 0 Å². The fourth-order valence-electron chi connectivity index (χ4n) is 4.11. The lowest BCUT2D eigenvalue weighted by Gasteiger charge is -2.29. The second-order valence-corrected chi connectivity index (χ2v) is 7.03. The quantitative estimate of drug-likeness (QED) is 0.700. The lowest BCUT2D eigenvalue weighted by Crippen LogP contribution is -2.46. The Morgan fingerprint density at radius 3 is 2.48 bits per heavy atom. The lowest BCUT2D eigenvalue weighted by molar-refractivity contribution is -0.121. The van der Waals surface area contributed by atoms with E-state index in [9.17, 15) is 4.79 Å². The van der Waals surface area contributed by atoms with E-state index in [4.69, 9.17) is 4.99 Å². The number of likely N-dealkylation sites (N-methyl/N-ethyl adjacent to an activating group) is 1. The van der Waals surface area contributed by atoms with Crippen LogP contribution >= 0.6 is 0 Å². The minimum atomic E-state index is -0.855. The zero-order valence-corrected chi connectivity index (χ0v) is 15.0. The summed E-state index contributed by atoms with van der Waals surface area (Å²) in [5.74, 6) is 0.0454. The van der Waals surface area contributed by atoms with Gasteiger partial charge in [-0.3, -0.25) is 9.79 Å². The van der Waals surface area contributed by atoms with Crippen molar-refractivity contribution in [2.45, 2.75) is 12.0 Å². The molecule has 4 heteroatoms. The average molecular weight is 353 g/mol. The van der Waals surface area contributed by atoms with Gasteiger partial charge in [0.25, 0.3) is 5.91 Å². The van der Waals surface area contributed by atoms with Gasteiger partial charge in [0, 0.05) is 24.7 Å². The van der Waals surface area contributed by atoms with Gasteiger partial charge in [0.05, 0.1) is 17.1 Å². The molecule has 2 aliphatic heterocycles. The van der Waals surface area contributed by atoms with Gasteiger partial charge in [0.1, 0.15) is 0 Å². The number of carbonyl (C=O) groups is 1. The number of aliphatic imine (C=N–C) groups is 1. The maximum Gasteiger partial charge on any atom is 0.257 e. The Labute approximate surface area is 158 Å². The highest BCUT2D eigenvalue weighted by Gasteiger charge is 2.51. The molecule has 3 aromatic rings. The van der Waals surface area contributed by atoms with Crippen LogP contribution in [0.1, 0.15) is 17.5 Å². The normalized spacial score (nSPS) is 20.6. The summed E-state index contributed by atoms with van der Waals surface area (Å²) in [6.45, 7) is 0. The second-order valence-electron chi connectivity index (χ2n) is 7.03. The number of para-hydroxylation sites is 3. The van der Waals surface area contributed by atoms with Gasteiger partial charge >= 0.3 is 0 Å². The van der Waals surface area contributed by atoms with Gasteiger partial charge in [0.15, 0.2) is 5.54 Å². The number of rotatable bonds is 1. The summed E-state index contributed by atoms with van der Waals surface area (Å²) in [5.41, 5.74) is 4.77. The summed E-state index contributed by atoms with van der Waals surface area (Å²) in [5, 5.41) is 3.57. The largest absolute Gasteiger partial charge is 0.365 e. The van der Waals surface area contributed by atoms with Crippen molar-refractivity contribution in [1.82, 2.24) is 0 Å². The van der Waals surface area contributed by atoms with Crippen molar-refractivity contribution >= 4 is 28.7 Å². The summed E-state index contributed by atoms with van der Waals surface area (Å²) in [4.78, 5) is 20.2. The van der Waals surface area contributed by atoms with E-state index in [0.717, 1.165) is 33.9 Å². The minimum absolute atomic E-state index is 0.0454. The molecule has 0 saturated carbocycles. The van der Waals surface area contributed by atoms with E-state index in [0.29, 0.717) is 6.42 Å². The Kier molecular flexibility index (Phi) is 3.41. The van der Waals surface area contributed by atoms with E-state index in [2.05, 4.69) is 17.4 Å². The highest BCUT2D eigenvalue weighted by molar-refractivity contribution is 6.15. The zero-order valence-electron chi connectivity index (χ0n) is 15.0. The van der Waals surface area contributed by atoms with Crippen molar-refractivity contribution in [3.05, 3.63) is 90.0 Å². The van der Waals surface area contributed by atoms with E-state index in [1.54, 1.807) is 4.90 Å². The zero-order chi connectivity index (χ0) is 18.4. The molecule has 0 aromatic heterocycles. The third-order valence-corrected chi connectivity index (χ3v) is 5.44. The molecule has 1 amide bonds. The number of nitrogens with zero attached hydrogens (tertiary/aromatic N) is 2. The first-order valence-electron chi connectivity index (χ1n) is 9.07. The highest BCUT2D eigenvalue weighted by atomic mass is 16.2. The standard InChI is InChI=1S/C23H19N3O/c1-26-21-14-8-5-11-17(21)23(22(26)27)15-20(16-9-3-2-4-10-16)24-18-12-6-7-13-19(18)25-23/h2-14,25H,15H2,1H3. The van der Waals surface area contributed by atoms with Gasteiger partial charge in [-0.15, -0.1) is 0 Å². The molecule has 0 aliphatic carbocycles. The average Bonchev–Trinajstić information content (AvgIpc) is 2.86. The number of benzene rings is 3. The van der Waals surface area contributed by atoms with E-state index >= 15 is 0 Å². The maximum atomic E-state index is 13.5. The van der Waals surface area contributed by atoms with E-state index in [1.807, 2.05) is 73.8 Å². The molecule has 1 atom stereocenters. The first kappa shape index (κ1) is 15.8. The summed E-state index contributed by atoms with van der Waals surface area (Å²) in [6.07, 6.45) is 0.492. The molecule has 132 valence electrons. The lowest BCUT2D eigenvalue weighted by atomic mass is 9.84. The molecule has 27 heavy (non-hydrogen) atoms. The van der Waals surface area contributed by atoms with Crippen LogP contribution in [0.25, 0.3) is 0 Å². The Bertz CT molecular complexity index is 1070. The van der Waals surface area contributed by atoms with Crippen molar-refractivity contribution in [2.24, 2.45) is 4.99 Å². The first-order chi connectivity index (χ1) is 13.2. The molecule has 0 fully saturated rings. The molecule has 0 saturated heterocycles. The molecule has 3 aromatic carbocycles. The smallest absolute Gasteiger partial charge is 0.257 e. The summed E-state index contributed by atoms with van der Waals surface area (Å²) in [6, 6.07) is 26.0. The Balaban J connectivity index is 1.76. The van der Waals surface area contributed by atoms with Gasteiger partial charge in [-0.05, 0) is 23.8 Å². The number of hydrogen-bond donors (Lipinski definition) is 1. The van der Waals surface area contributed by atoms with Crippen LogP contribution in [0.3, 0.4) is 0 Å². The number of nitrogens with one attached hydrogen (secondary N) is 1. The van der Waals surface area contributed by atoms with E-state index < -0.39 is 5.54 Å². The predicted octanol–water partition coefficient (Wildman–Crippen LogP) is 4.49. The number of hydrogen-bond acceptors (Lipinski definition) is 3. The fraction of sp³-hybridized carbons (Fsp3) is 0.130. The Morgan fingerprint density at radius 2 is 1.63 bits per heavy atom. The van der Waals surface area contributed by atoms with Crippen LogP contribution in [0.5, 0.6) is 0 Å². The highest BCUT2D eigenvalue weighted by Crippen LogP contribution is 2.47. The molecule has 0 radical (unpaired) electrons. The Morgan fingerprint density at radius 1 is 0.926 bits per heavy atom. The van der Waals surface area contributed by atoms with Gasteiger partial charge in [-0.1, -0.05) is 60.7 Å². The third kappa shape index (κ3) is 2.30. The molecular weight excluding hydrogens is 334 g/mol. The van der Waals surface area contributed by atoms with Crippen LogP contribution in [0, 0.1) is 0 Å². The molecule has 5 rings (SSSR count). The van der Waals surface area contributed by atoms with Crippen molar-refractivity contribution in [1.29, 1.82) is 0 Å². The monoisotopic (exact) mass is 353 g/mol.